The molecule has 0 saturated heterocycles. The van der Waals surface area contributed by atoms with Crippen molar-refractivity contribution in [1.29, 1.82) is 0 Å². The second-order valence-corrected chi connectivity index (χ2v) is 16.1. The summed E-state index contributed by atoms with van der Waals surface area (Å²) in [5.74, 6) is 0.363. The Labute approximate surface area is 338 Å². The lowest BCUT2D eigenvalue weighted by atomic mass is 9.77. The van der Waals surface area contributed by atoms with Gasteiger partial charge in [-0.2, -0.15) is 0 Å². The summed E-state index contributed by atoms with van der Waals surface area (Å²) in [5, 5.41) is 0. The maximum Gasteiger partial charge on any atom is 0.130 e. The number of benzene rings is 4. The van der Waals surface area contributed by atoms with Crippen LogP contribution < -0.4 is 0 Å². The third kappa shape index (κ3) is 11.8. The normalized spacial score (nSPS) is 20.0. The maximum atomic E-state index is 15.1. The highest BCUT2D eigenvalue weighted by molar-refractivity contribution is 5.65. The highest BCUT2D eigenvalue weighted by atomic mass is 19.1. The summed E-state index contributed by atoms with van der Waals surface area (Å²) < 4.78 is 65.8. The molecule has 4 aromatic carbocycles. The first-order valence-corrected chi connectivity index (χ1v) is 21.1. The van der Waals surface area contributed by atoms with Crippen LogP contribution in [-0.4, -0.2) is 13.2 Å². The van der Waals surface area contributed by atoms with Crippen molar-refractivity contribution in [2.45, 2.75) is 102 Å². The molecule has 0 N–H and O–H groups in total. The van der Waals surface area contributed by atoms with Gasteiger partial charge in [0.15, 0.2) is 0 Å². The maximum absolute atomic E-state index is 15.1. The lowest BCUT2D eigenvalue weighted by Gasteiger charge is -2.28. The molecule has 5 heteroatoms. The highest BCUT2D eigenvalue weighted by Crippen LogP contribution is 2.40. The molecule has 0 heterocycles. The van der Waals surface area contributed by atoms with Crippen LogP contribution in [0.1, 0.15) is 111 Å². The van der Waals surface area contributed by atoms with Gasteiger partial charge >= 0.3 is 0 Å². The first-order valence-electron chi connectivity index (χ1n) is 21.1. The van der Waals surface area contributed by atoms with Crippen LogP contribution >= 0.6 is 0 Å². The predicted molar refractivity (Wildman–Crippen MR) is 228 cm³/mol. The Morgan fingerprint density at radius 1 is 0.474 bits per heavy atom. The zero-order valence-electron chi connectivity index (χ0n) is 33.3. The van der Waals surface area contributed by atoms with Crippen molar-refractivity contribution in [3.8, 4) is 22.3 Å². The van der Waals surface area contributed by atoms with E-state index in [0.29, 0.717) is 23.0 Å². The SMILES string of the molecule is C=CCCC1CCC(c2ccc(-c3cc(F)c(CC=CCOCC=CCc4c(F)cc(-c5ccc(C6CCC(CCC=C)CC6)cc5)cc4F)c(F)c3)cc2)CC1. The van der Waals surface area contributed by atoms with Crippen LogP contribution in [-0.2, 0) is 17.6 Å². The van der Waals surface area contributed by atoms with E-state index in [1.807, 2.05) is 36.4 Å². The average Bonchev–Trinajstić information content (AvgIpc) is 3.23. The molecule has 57 heavy (non-hydrogen) atoms. The Balaban J connectivity index is 0.915. The van der Waals surface area contributed by atoms with E-state index >= 15 is 17.6 Å². The van der Waals surface area contributed by atoms with E-state index in [2.05, 4.69) is 37.4 Å². The summed E-state index contributed by atoms with van der Waals surface area (Å²) in [6.07, 6.45) is 25.3. The van der Waals surface area contributed by atoms with Gasteiger partial charge in [0.05, 0.1) is 13.2 Å². The van der Waals surface area contributed by atoms with Crippen molar-refractivity contribution < 1.29 is 22.3 Å². The minimum absolute atomic E-state index is 0.0135. The first-order chi connectivity index (χ1) is 27.8. The van der Waals surface area contributed by atoms with Crippen LogP contribution in [0.25, 0.3) is 22.3 Å². The number of rotatable bonds is 18. The molecule has 0 unspecified atom stereocenters. The van der Waals surface area contributed by atoms with Crippen LogP contribution in [0.5, 0.6) is 0 Å². The summed E-state index contributed by atoms with van der Waals surface area (Å²) in [7, 11) is 0. The fourth-order valence-electron chi connectivity index (χ4n) is 8.84. The summed E-state index contributed by atoms with van der Waals surface area (Å²) >= 11 is 0. The van der Waals surface area contributed by atoms with Crippen molar-refractivity contribution >= 4 is 0 Å². The van der Waals surface area contributed by atoms with Gasteiger partial charge in [-0.15, -0.1) is 13.2 Å². The smallest absolute Gasteiger partial charge is 0.130 e. The van der Waals surface area contributed by atoms with Crippen LogP contribution in [0, 0.1) is 35.1 Å². The van der Waals surface area contributed by atoms with E-state index in [0.717, 1.165) is 35.8 Å². The average molecular weight is 775 g/mol. The molecule has 2 fully saturated rings. The molecule has 2 aliphatic carbocycles. The number of ether oxygens (including phenoxy) is 1. The van der Waals surface area contributed by atoms with E-state index in [9.17, 15) is 0 Å². The second-order valence-electron chi connectivity index (χ2n) is 16.1. The summed E-state index contributed by atoms with van der Waals surface area (Å²) in [6.45, 7) is 8.16. The van der Waals surface area contributed by atoms with Crippen molar-refractivity contribution in [3.63, 3.8) is 0 Å². The minimum atomic E-state index is -0.575. The van der Waals surface area contributed by atoms with Gasteiger partial charge in [-0.25, -0.2) is 17.6 Å². The van der Waals surface area contributed by atoms with Gasteiger partial charge in [-0.3, -0.25) is 0 Å². The monoisotopic (exact) mass is 774 g/mol. The quantitative estimate of drug-likeness (QED) is 0.0556. The van der Waals surface area contributed by atoms with Gasteiger partial charge < -0.3 is 4.74 Å². The fourth-order valence-corrected chi connectivity index (χ4v) is 8.84. The molecule has 0 aliphatic heterocycles. The number of halogens is 4. The first kappa shape index (κ1) is 42.1. The van der Waals surface area contributed by atoms with Crippen LogP contribution in [0.4, 0.5) is 17.6 Å². The third-order valence-corrected chi connectivity index (χ3v) is 12.4. The van der Waals surface area contributed by atoms with Gasteiger partial charge in [0.2, 0.25) is 0 Å². The molecule has 1 nitrogen and oxygen atoms in total. The highest BCUT2D eigenvalue weighted by Gasteiger charge is 2.23. The lowest BCUT2D eigenvalue weighted by Crippen LogP contribution is -2.13. The molecular weight excluding hydrogens is 717 g/mol. The number of hydrogen-bond acceptors (Lipinski definition) is 1. The minimum Gasteiger partial charge on any atom is -0.373 e. The van der Waals surface area contributed by atoms with Gasteiger partial charge in [0, 0.05) is 11.1 Å². The standard InChI is InChI=1S/C52H58F4O/c1-3-5-11-37-15-19-39(20-16-37)41-23-27-43(28-24-41)45-33-49(53)47(50(54)34-45)13-7-9-31-57-32-10-8-14-48-51(55)35-46(36-52(48)56)44-29-25-42(26-30-44)40-21-17-38(18-22-40)12-6-4-2/h3-4,7-10,23-30,33-40H,1-2,5-6,11-22,31-32H2. The van der Waals surface area contributed by atoms with E-state index < -0.39 is 23.3 Å². The van der Waals surface area contributed by atoms with Crippen LogP contribution in [0.3, 0.4) is 0 Å². The van der Waals surface area contributed by atoms with Gasteiger partial charge in [-0.05, 0) is 171 Å². The molecule has 0 aromatic heterocycles. The molecular formula is C52H58F4O. The Morgan fingerprint density at radius 2 is 0.825 bits per heavy atom. The number of allylic oxidation sites excluding steroid dienone is 4. The van der Waals surface area contributed by atoms with E-state index in [1.165, 1.54) is 99.6 Å². The Morgan fingerprint density at radius 3 is 1.16 bits per heavy atom. The van der Waals surface area contributed by atoms with Gasteiger partial charge in [-0.1, -0.05) is 85.0 Å². The van der Waals surface area contributed by atoms with Gasteiger partial charge in [0.25, 0.3) is 0 Å². The molecule has 0 atom stereocenters. The van der Waals surface area contributed by atoms with E-state index in [-0.39, 0.29) is 37.2 Å². The molecule has 0 radical (unpaired) electrons. The molecule has 2 aliphatic rings. The predicted octanol–water partition coefficient (Wildman–Crippen LogP) is 15.0. The van der Waals surface area contributed by atoms with Crippen molar-refractivity contribution in [3.05, 3.63) is 168 Å². The molecule has 0 spiro atoms. The summed E-state index contributed by atoms with van der Waals surface area (Å²) in [4.78, 5) is 0. The Hall–Kier alpha value is -4.48. The summed E-state index contributed by atoms with van der Waals surface area (Å²) in [5.41, 5.74) is 5.27. The zero-order chi connectivity index (χ0) is 40.0. The van der Waals surface area contributed by atoms with Crippen LogP contribution in [0.15, 0.2) is 122 Å². The molecule has 4 aromatic rings. The molecule has 2 saturated carbocycles. The number of hydrogen-bond donors (Lipinski definition) is 0. The molecule has 6 rings (SSSR count). The third-order valence-electron chi connectivity index (χ3n) is 12.4. The lowest BCUT2D eigenvalue weighted by molar-refractivity contribution is 0.193. The van der Waals surface area contributed by atoms with Crippen LogP contribution in [0.2, 0.25) is 0 Å². The molecule has 300 valence electrons. The zero-order valence-corrected chi connectivity index (χ0v) is 33.3. The summed E-state index contributed by atoms with van der Waals surface area (Å²) in [6, 6.07) is 21.9. The van der Waals surface area contributed by atoms with E-state index in [4.69, 9.17) is 4.74 Å². The van der Waals surface area contributed by atoms with Crippen molar-refractivity contribution in [1.82, 2.24) is 0 Å². The largest absolute Gasteiger partial charge is 0.373 e. The topological polar surface area (TPSA) is 9.23 Å². The Bertz CT molecular complexity index is 1770. The van der Waals surface area contributed by atoms with Gasteiger partial charge in [0.1, 0.15) is 23.3 Å². The molecule has 0 amide bonds. The van der Waals surface area contributed by atoms with Crippen molar-refractivity contribution in [2.75, 3.05) is 13.2 Å². The fraction of sp³-hybridized carbons (Fsp3) is 0.385. The Kier molecular flexibility index (Phi) is 15.8. The second kappa shape index (κ2) is 21.3. The van der Waals surface area contributed by atoms with Crippen molar-refractivity contribution in [2.24, 2.45) is 11.8 Å². The molecule has 0 bridgehead atoms. The van der Waals surface area contributed by atoms with E-state index in [1.54, 1.807) is 24.3 Å².